The Bertz CT molecular complexity index is 761. The lowest BCUT2D eigenvalue weighted by Crippen LogP contribution is -2.39. The van der Waals surface area contributed by atoms with Gasteiger partial charge in [0.2, 0.25) is 5.56 Å². The molecule has 1 atom stereocenters. The molecule has 1 aliphatic heterocycles. The number of ether oxygens (including phenoxy) is 1. The summed E-state index contributed by atoms with van der Waals surface area (Å²) in [6, 6.07) is 11.4. The summed E-state index contributed by atoms with van der Waals surface area (Å²) in [6.45, 7) is 3.99. The fraction of sp³-hybridized carbons (Fsp3) is 0.400. The van der Waals surface area contributed by atoms with E-state index in [0.29, 0.717) is 18.7 Å². The number of aromatic nitrogens is 1. The van der Waals surface area contributed by atoms with E-state index in [9.17, 15) is 9.59 Å². The van der Waals surface area contributed by atoms with Crippen LogP contribution in [-0.4, -0.2) is 41.6 Å². The SMILES string of the molecule is Cc1ccc(CCN(CC2CCCO2)C(=O)c2cc[nH]c(=O)c2)cc1. The summed E-state index contributed by atoms with van der Waals surface area (Å²) in [7, 11) is 0. The summed E-state index contributed by atoms with van der Waals surface area (Å²) >= 11 is 0. The van der Waals surface area contributed by atoms with E-state index in [1.165, 1.54) is 23.4 Å². The highest BCUT2D eigenvalue weighted by Gasteiger charge is 2.23. The van der Waals surface area contributed by atoms with Crippen LogP contribution in [-0.2, 0) is 11.2 Å². The van der Waals surface area contributed by atoms with E-state index in [4.69, 9.17) is 4.74 Å². The van der Waals surface area contributed by atoms with Crippen LogP contribution in [0.1, 0.15) is 34.3 Å². The lowest BCUT2D eigenvalue weighted by molar-refractivity contribution is 0.0528. The normalized spacial score (nSPS) is 16.8. The Morgan fingerprint density at radius 3 is 2.76 bits per heavy atom. The quantitative estimate of drug-likeness (QED) is 0.879. The molecule has 25 heavy (non-hydrogen) atoms. The van der Waals surface area contributed by atoms with Gasteiger partial charge >= 0.3 is 0 Å². The average Bonchev–Trinajstić information content (AvgIpc) is 3.12. The summed E-state index contributed by atoms with van der Waals surface area (Å²) in [4.78, 5) is 28.8. The lowest BCUT2D eigenvalue weighted by atomic mass is 10.1. The zero-order valence-electron chi connectivity index (χ0n) is 14.5. The van der Waals surface area contributed by atoms with E-state index in [-0.39, 0.29) is 17.6 Å². The second-order valence-corrected chi connectivity index (χ2v) is 6.56. The number of H-pyrrole nitrogens is 1. The number of rotatable bonds is 6. The molecule has 5 heteroatoms. The summed E-state index contributed by atoms with van der Waals surface area (Å²) in [5.41, 5.74) is 2.58. The van der Waals surface area contributed by atoms with Crippen LogP contribution in [0.3, 0.4) is 0 Å². The minimum atomic E-state index is -0.263. The van der Waals surface area contributed by atoms with Crippen LogP contribution in [0.4, 0.5) is 0 Å². The third kappa shape index (κ3) is 4.79. The van der Waals surface area contributed by atoms with E-state index >= 15 is 0 Å². The van der Waals surface area contributed by atoms with Crippen molar-refractivity contribution in [3.63, 3.8) is 0 Å². The Labute approximate surface area is 147 Å². The van der Waals surface area contributed by atoms with Crippen molar-refractivity contribution in [1.82, 2.24) is 9.88 Å². The number of amides is 1. The summed E-state index contributed by atoms with van der Waals surface area (Å²) < 4.78 is 5.70. The van der Waals surface area contributed by atoms with Crippen LogP contribution in [0.5, 0.6) is 0 Å². The molecule has 1 aromatic carbocycles. The number of hydrogen-bond donors (Lipinski definition) is 1. The van der Waals surface area contributed by atoms with E-state index in [1.54, 1.807) is 6.07 Å². The van der Waals surface area contributed by atoms with Crippen molar-refractivity contribution in [1.29, 1.82) is 0 Å². The molecule has 1 aromatic heterocycles. The third-order valence-electron chi connectivity index (χ3n) is 4.55. The molecule has 1 saturated heterocycles. The Morgan fingerprint density at radius 2 is 2.08 bits per heavy atom. The fourth-order valence-electron chi connectivity index (χ4n) is 3.09. The Kier molecular flexibility index (Phi) is 5.66. The van der Waals surface area contributed by atoms with Gasteiger partial charge in [-0.05, 0) is 37.8 Å². The van der Waals surface area contributed by atoms with Crippen LogP contribution >= 0.6 is 0 Å². The number of aryl methyl sites for hydroxylation is 1. The molecule has 2 aromatic rings. The molecule has 0 saturated carbocycles. The van der Waals surface area contributed by atoms with Gasteiger partial charge in [-0.1, -0.05) is 29.8 Å². The van der Waals surface area contributed by atoms with E-state index < -0.39 is 0 Å². The van der Waals surface area contributed by atoms with Crippen LogP contribution in [0, 0.1) is 6.92 Å². The number of hydrogen-bond acceptors (Lipinski definition) is 3. The maximum Gasteiger partial charge on any atom is 0.254 e. The van der Waals surface area contributed by atoms with Gasteiger partial charge in [0, 0.05) is 37.5 Å². The zero-order valence-corrected chi connectivity index (χ0v) is 14.5. The van der Waals surface area contributed by atoms with E-state index in [0.717, 1.165) is 25.9 Å². The predicted octanol–water partition coefficient (Wildman–Crippen LogP) is 2.55. The fourth-order valence-corrected chi connectivity index (χ4v) is 3.09. The number of benzene rings is 1. The largest absolute Gasteiger partial charge is 0.376 e. The highest BCUT2D eigenvalue weighted by atomic mass is 16.5. The summed E-state index contributed by atoms with van der Waals surface area (Å²) in [5, 5.41) is 0. The Balaban J connectivity index is 1.72. The molecule has 0 bridgehead atoms. The van der Waals surface area contributed by atoms with Crippen molar-refractivity contribution in [3.8, 4) is 0 Å². The molecule has 1 N–H and O–H groups in total. The first-order valence-corrected chi connectivity index (χ1v) is 8.77. The van der Waals surface area contributed by atoms with Gasteiger partial charge in [0.15, 0.2) is 0 Å². The number of carbonyl (C=O) groups excluding carboxylic acids is 1. The van der Waals surface area contributed by atoms with E-state index in [1.807, 2.05) is 4.90 Å². The minimum absolute atomic E-state index is 0.0870. The second kappa shape index (κ2) is 8.12. The number of nitrogens with zero attached hydrogens (tertiary/aromatic N) is 1. The average molecular weight is 340 g/mol. The molecular formula is C20H24N2O3. The highest BCUT2D eigenvalue weighted by Crippen LogP contribution is 2.15. The first-order chi connectivity index (χ1) is 12.1. The summed E-state index contributed by atoms with van der Waals surface area (Å²) in [5.74, 6) is -0.117. The molecule has 5 nitrogen and oxygen atoms in total. The van der Waals surface area contributed by atoms with Crippen LogP contribution in [0.15, 0.2) is 47.4 Å². The van der Waals surface area contributed by atoms with Gasteiger partial charge in [-0.15, -0.1) is 0 Å². The van der Waals surface area contributed by atoms with Crippen molar-refractivity contribution in [2.75, 3.05) is 19.7 Å². The lowest BCUT2D eigenvalue weighted by Gasteiger charge is -2.25. The molecule has 1 amide bonds. The van der Waals surface area contributed by atoms with Gasteiger partial charge in [-0.2, -0.15) is 0 Å². The standard InChI is InChI=1S/C20H24N2O3/c1-15-4-6-16(7-5-15)9-11-22(14-18-3-2-12-25-18)20(24)17-8-10-21-19(23)13-17/h4-8,10,13,18H,2-3,9,11-12,14H2,1H3,(H,21,23). The van der Waals surface area contributed by atoms with Crippen LogP contribution in [0.2, 0.25) is 0 Å². The van der Waals surface area contributed by atoms with Crippen LogP contribution in [0.25, 0.3) is 0 Å². The maximum absolute atomic E-state index is 12.9. The van der Waals surface area contributed by atoms with E-state index in [2.05, 4.69) is 36.2 Å². The van der Waals surface area contributed by atoms with Crippen molar-refractivity contribution < 1.29 is 9.53 Å². The van der Waals surface area contributed by atoms with Crippen molar-refractivity contribution >= 4 is 5.91 Å². The van der Waals surface area contributed by atoms with Gasteiger partial charge in [-0.25, -0.2) is 0 Å². The molecule has 0 radical (unpaired) electrons. The number of pyridine rings is 1. The van der Waals surface area contributed by atoms with Gasteiger partial charge in [0.1, 0.15) is 0 Å². The third-order valence-corrected chi connectivity index (χ3v) is 4.55. The molecule has 2 heterocycles. The Morgan fingerprint density at radius 1 is 1.28 bits per heavy atom. The molecule has 1 aliphatic rings. The van der Waals surface area contributed by atoms with Gasteiger partial charge < -0.3 is 14.6 Å². The Hall–Kier alpha value is -2.40. The molecule has 3 rings (SSSR count). The summed E-state index contributed by atoms with van der Waals surface area (Å²) in [6.07, 6.45) is 4.39. The first kappa shape index (κ1) is 17.4. The molecule has 0 spiro atoms. The minimum Gasteiger partial charge on any atom is -0.376 e. The van der Waals surface area contributed by atoms with Crippen LogP contribution < -0.4 is 5.56 Å². The topological polar surface area (TPSA) is 62.4 Å². The molecule has 1 unspecified atom stereocenters. The van der Waals surface area contributed by atoms with Crippen molar-refractivity contribution in [2.24, 2.45) is 0 Å². The molecular weight excluding hydrogens is 316 g/mol. The zero-order chi connectivity index (χ0) is 17.6. The number of aromatic amines is 1. The smallest absolute Gasteiger partial charge is 0.254 e. The first-order valence-electron chi connectivity index (χ1n) is 8.77. The van der Waals surface area contributed by atoms with Gasteiger partial charge in [-0.3, -0.25) is 9.59 Å². The molecule has 1 fully saturated rings. The predicted molar refractivity (Wildman–Crippen MR) is 96.8 cm³/mol. The maximum atomic E-state index is 12.9. The number of carbonyl (C=O) groups is 1. The highest BCUT2D eigenvalue weighted by molar-refractivity contribution is 5.94. The van der Waals surface area contributed by atoms with Gasteiger partial charge in [0.05, 0.1) is 6.10 Å². The van der Waals surface area contributed by atoms with Gasteiger partial charge in [0.25, 0.3) is 5.91 Å². The molecule has 132 valence electrons. The monoisotopic (exact) mass is 340 g/mol. The van der Waals surface area contributed by atoms with Crippen molar-refractivity contribution in [2.45, 2.75) is 32.3 Å². The second-order valence-electron chi connectivity index (χ2n) is 6.56. The molecule has 0 aliphatic carbocycles. The number of nitrogens with one attached hydrogen (secondary N) is 1. The van der Waals surface area contributed by atoms with Crippen molar-refractivity contribution in [3.05, 3.63) is 69.6 Å².